The van der Waals surface area contributed by atoms with Crippen LogP contribution < -0.4 is 14.5 Å². The first-order valence-corrected chi connectivity index (χ1v) is 14.2. The van der Waals surface area contributed by atoms with Crippen LogP contribution in [0.5, 0.6) is 5.88 Å². The van der Waals surface area contributed by atoms with Gasteiger partial charge in [-0.1, -0.05) is 35.8 Å². The number of likely N-dealkylation sites (tertiary alicyclic amines) is 1. The molecule has 206 valence electrons. The third-order valence-corrected chi connectivity index (χ3v) is 8.97. The number of aromatic nitrogens is 1. The minimum Gasteiger partial charge on any atom is -0.475 e. The van der Waals surface area contributed by atoms with E-state index in [1.807, 2.05) is 24.0 Å². The average molecular weight is 570 g/mol. The predicted octanol–water partition coefficient (Wildman–Crippen LogP) is 4.52. The molecule has 2 fully saturated rings. The molecule has 0 saturated carbocycles. The molecule has 3 aliphatic rings. The fraction of sp³-hybridized carbons (Fsp3) is 0.483. The lowest BCUT2D eigenvalue weighted by Crippen LogP contribution is -2.54. The minimum atomic E-state index is -0.0711. The highest BCUT2D eigenvalue weighted by Gasteiger charge is 2.34. The number of halogens is 2. The zero-order valence-electron chi connectivity index (χ0n) is 22.5. The number of hydrogen-bond acceptors (Lipinski definition) is 7. The van der Waals surface area contributed by atoms with Crippen molar-refractivity contribution in [3.8, 4) is 11.9 Å². The van der Waals surface area contributed by atoms with Crippen molar-refractivity contribution in [2.24, 2.45) is 0 Å². The van der Waals surface area contributed by atoms with E-state index in [1.165, 1.54) is 6.08 Å². The zero-order valence-corrected chi connectivity index (χ0v) is 24.0. The molecule has 1 aromatic carbocycles. The average Bonchev–Trinajstić information content (AvgIpc) is 3.36. The number of benzene rings is 1. The lowest BCUT2D eigenvalue weighted by Gasteiger charge is -2.42. The normalized spacial score (nSPS) is 21.5. The van der Waals surface area contributed by atoms with Crippen molar-refractivity contribution in [1.29, 1.82) is 5.26 Å². The molecule has 0 radical (unpaired) electrons. The summed E-state index contributed by atoms with van der Waals surface area (Å²) in [6.07, 6.45) is 4.26. The first-order valence-electron chi connectivity index (χ1n) is 13.5. The maximum Gasteiger partial charge on any atom is 0.246 e. The minimum absolute atomic E-state index is 0.0264. The summed E-state index contributed by atoms with van der Waals surface area (Å²) in [5.74, 6) is 0.306. The molecule has 39 heavy (non-hydrogen) atoms. The highest BCUT2D eigenvalue weighted by molar-refractivity contribution is 6.43. The first kappa shape index (κ1) is 27.6. The van der Waals surface area contributed by atoms with Crippen molar-refractivity contribution in [2.45, 2.75) is 44.8 Å². The number of nitrogens with zero attached hydrogens (tertiary/aromatic N) is 6. The van der Waals surface area contributed by atoms with Gasteiger partial charge in [-0.25, -0.2) is 4.98 Å². The van der Waals surface area contributed by atoms with E-state index in [0.29, 0.717) is 73.3 Å². The highest BCUT2D eigenvalue weighted by Crippen LogP contribution is 2.40. The van der Waals surface area contributed by atoms with Crippen molar-refractivity contribution in [3.05, 3.63) is 57.7 Å². The molecule has 0 aliphatic carbocycles. The number of carbonyl (C=O) groups is 1. The van der Waals surface area contributed by atoms with Gasteiger partial charge in [0, 0.05) is 43.8 Å². The molecule has 2 aromatic rings. The molecule has 3 aliphatic heterocycles. The number of hydrogen-bond donors (Lipinski definition) is 0. The number of pyridine rings is 1. The van der Waals surface area contributed by atoms with Crippen LogP contribution in [0.15, 0.2) is 30.9 Å². The van der Waals surface area contributed by atoms with Gasteiger partial charge in [-0.3, -0.25) is 4.79 Å². The van der Waals surface area contributed by atoms with E-state index in [1.54, 1.807) is 6.07 Å². The van der Waals surface area contributed by atoms with E-state index in [4.69, 9.17) is 32.9 Å². The third-order valence-electron chi connectivity index (χ3n) is 8.16. The fourth-order valence-corrected chi connectivity index (χ4v) is 6.42. The quantitative estimate of drug-likeness (QED) is 0.474. The van der Waals surface area contributed by atoms with Crippen molar-refractivity contribution >= 4 is 40.5 Å². The van der Waals surface area contributed by atoms with Crippen LogP contribution in [-0.4, -0.2) is 79.2 Å². The van der Waals surface area contributed by atoms with Gasteiger partial charge in [0.2, 0.25) is 11.8 Å². The zero-order chi connectivity index (χ0) is 27.7. The molecular formula is C29H34Cl2N6O2. The molecule has 8 nitrogen and oxygen atoms in total. The van der Waals surface area contributed by atoms with Gasteiger partial charge in [-0.05, 0) is 58.0 Å². The number of likely N-dealkylation sites (N-methyl/N-ethyl adjacent to an activating group) is 1. The highest BCUT2D eigenvalue weighted by atomic mass is 35.5. The van der Waals surface area contributed by atoms with Crippen LogP contribution >= 0.6 is 23.2 Å². The molecule has 2 unspecified atom stereocenters. The fourth-order valence-electron chi connectivity index (χ4n) is 6.00. The number of piperazine rings is 1. The number of carbonyl (C=O) groups excluding carboxylic acids is 1. The number of amides is 1. The van der Waals surface area contributed by atoms with Crippen molar-refractivity contribution in [2.75, 3.05) is 56.2 Å². The summed E-state index contributed by atoms with van der Waals surface area (Å²) in [5, 5.41) is 11.4. The molecular weight excluding hydrogens is 535 g/mol. The molecule has 0 N–H and O–H groups in total. The Balaban J connectivity index is 1.52. The predicted molar refractivity (Wildman–Crippen MR) is 155 cm³/mol. The van der Waals surface area contributed by atoms with Crippen LogP contribution in [0.4, 0.5) is 11.4 Å². The van der Waals surface area contributed by atoms with E-state index >= 15 is 0 Å². The number of ether oxygens (including phenoxy) is 1. The smallest absolute Gasteiger partial charge is 0.246 e. The standard InChI is InChI=1S/C29H34Cl2N6O2/c1-4-26(38)37-14-13-36(16-19(37)2)28-21-10-12-35(25-9-5-8-23(30)27(25)31)17-24(21)33-29(22(28)15-32)39-18-20-7-6-11-34(20)3/h4-5,8-9,19-20H,1,6-7,10-14,16-18H2,2-3H3. The number of nitriles is 1. The van der Waals surface area contributed by atoms with Crippen LogP contribution in [0.3, 0.4) is 0 Å². The molecule has 1 aromatic heterocycles. The summed E-state index contributed by atoms with van der Waals surface area (Å²) in [4.78, 5) is 25.8. The second-order valence-corrected chi connectivity index (χ2v) is 11.3. The molecule has 2 saturated heterocycles. The maximum atomic E-state index is 12.4. The van der Waals surface area contributed by atoms with E-state index in [-0.39, 0.29) is 11.9 Å². The van der Waals surface area contributed by atoms with Gasteiger partial charge in [-0.15, -0.1) is 0 Å². The van der Waals surface area contributed by atoms with Gasteiger partial charge in [0.15, 0.2) is 0 Å². The number of fused-ring (bicyclic) bond motifs is 1. The first-order chi connectivity index (χ1) is 18.8. The van der Waals surface area contributed by atoms with Crippen molar-refractivity contribution in [1.82, 2.24) is 14.8 Å². The Kier molecular flexibility index (Phi) is 8.22. The lowest BCUT2D eigenvalue weighted by molar-refractivity contribution is -0.128. The summed E-state index contributed by atoms with van der Waals surface area (Å²) in [6, 6.07) is 8.35. The topological polar surface area (TPSA) is 75.9 Å². The van der Waals surface area contributed by atoms with Gasteiger partial charge in [0.25, 0.3) is 0 Å². The second kappa shape index (κ2) is 11.6. The van der Waals surface area contributed by atoms with Crippen molar-refractivity contribution in [3.63, 3.8) is 0 Å². The molecule has 2 atom stereocenters. The van der Waals surface area contributed by atoms with Gasteiger partial charge in [0.1, 0.15) is 18.2 Å². The Morgan fingerprint density at radius 3 is 2.77 bits per heavy atom. The molecule has 1 amide bonds. The van der Waals surface area contributed by atoms with E-state index < -0.39 is 0 Å². The van der Waals surface area contributed by atoms with Crippen LogP contribution in [0.2, 0.25) is 10.0 Å². The number of anilines is 2. The largest absolute Gasteiger partial charge is 0.475 e. The van der Waals surface area contributed by atoms with Gasteiger partial charge in [-0.2, -0.15) is 5.26 Å². The summed E-state index contributed by atoms with van der Waals surface area (Å²) in [5.41, 5.74) is 4.15. The Morgan fingerprint density at radius 2 is 2.08 bits per heavy atom. The SMILES string of the molecule is C=CC(=O)N1CCN(c2c(C#N)c(OCC3CCCN3C)nc3c2CCN(c2cccc(Cl)c2Cl)C3)CC1C. The molecule has 0 bridgehead atoms. The van der Waals surface area contributed by atoms with Crippen LogP contribution in [0.25, 0.3) is 0 Å². The van der Waals surface area contributed by atoms with Crippen molar-refractivity contribution < 1.29 is 9.53 Å². The van der Waals surface area contributed by atoms with Crippen LogP contribution in [0.1, 0.15) is 36.6 Å². The Morgan fingerprint density at radius 1 is 1.26 bits per heavy atom. The molecule has 4 heterocycles. The van der Waals surface area contributed by atoms with Gasteiger partial charge >= 0.3 is 0 Å². The lowest BCUT2D eigenvalue weighted by atomic mass is 9.97. The molecule has 0 spiro atoms. The third kappa shape index (κ3) is 5.41. The summed E-state index contributed by atoms with van der Waals surface area (Å²) < 4.78 is 6.32. The monoisotopic (exact) mass is 568 g/mol. The van der Waals surface area contributed by atoms with E-state index in [2.05, 4.69) is 34.4 Å². The van der Waals surface area contributed by atoms with Gasteiger partial charge < -0.3 is 24.3 Å². The van der Waals surface area contributed by atoms with Crippen LogP contribution in [-0.2, 0) is 17.8 Å². The summed E-state index contributed by atoms with van der Waals surface area (Å²) in [6.45, 7) is 10.2. The Labute approximate surface area is 240 Å². The van der Waals surface area contributed by atoms with Crippen LogP contribution in [0, 0.1) is 11.3 Å². The second-order valence-electron chi connectivity index (χ2n) is 10.5. The number of rotatable bonds is 6. The van der Waals surface area contributed by atoms with E-state index in [9.17, 15) is 10.1 Å². The summed E-state index contributed by atoms with van der Waals surface area (Å²) >= 11 is 12.9. The maximum absolute atomic E-state index is 12.4. The van der Waals surface area contributed by atoms with E-state index in [0.717, 1.165) is 42.0 Å². The molecule has 10 heteroatoms. The summed E-state index contributed by atoms with van der Waals surface area (Å²) in [7, 11) is 2.11. The Bertz CT molecular complexity index is 1310. The molecule has 5 rings (SSSR count). The Hall–Kier alpha value is -2.99. The van der Waals surface area contributed by atoms with Gasteiger partial charge in [0.05, 0.1) is 33.7 Å².